The summed E-state index contributed by atoms with van der Waals surface area (Å²) in [4.78, 5) is 0. The van der Waals surface area contributed by atoms with Gasteiger partial charge in [-0.05, 0) is 50.6 Å². The van der Waals surface area contributed by atoms with E-state index in [2.05, 4.69) is 10.6 Å². The lowest BCUT2D eigenvalue weighted by molar-refractivity contribution is -0.137. The minimum absolute atomic E-state index is 0.206. The predicted octanol–water partition coefficient (Wildman–Crippen LogP) is 3.91. The quantitative estimate of drug-likeness (QED) is 0.863. The molecule has 0 aliphatic carbocycles. The van der Waals surface area contributed by atoms with Gasteiger partial charge in [-0.15, -0.1) is 0 Å². The highest BCUT2D eigenvalue weighted by molar-refractivity contribution is 6.31. The summed E-state index contributed by atoms with van der Waals surface area (Å²) in [5.41, 5.74) is -0.311. The predicted molar refractivity (Wildman–Crippen MR) is 70.6 cm³/mol. The Balaban J connectivity index is 2.12. The molecule has 0 bridgehead atoms. The van der Waals surface area contributed by atoms with Gasteiger partial charge in [-0.3, -0.25) is 0 Å². The summed E-state index contributed by atoms with van der Waals surface area (Å²) in [6.45, 7) is 1.85. The average molecular weight is 293 g/mol. The van der Waals surface area contributed by atoms with Gasteiger partial charge in [0.25, 0.3) is 0 Å². The first-order valence-corrected chi connectivity index (χ1v) is 6.68. The van der Waals surface area contributed by atoms with Crippen LogP contribution in [-0.2, 0) is 6.18 Å². The molecule has 1 aliphatic rings. The maximum Gasteiger partial charge on any atom is 0.417 e. The van der Waals surface area contributed by atoms with E-state index in [1.54, 1.807) is 6.07 Å². The second kappa shape index (κ2) is 6.01. The molecule has 1 atom stereocenters. The van der Waals surface area contributed by atoms with Gasteiger partial charge in [0, 0.05) is 11.7 Å². The van der Waals surface area contributed by atoms with Crippen LogP contribution in [0, 0.1) is 0 Å². The minimum Gasteiger partial charge on any atom is -0.382 e. The van der Waals surface area contributed by atoms with Gasteiger partial charge >= 0.3 is 6.18 Å². The van der Waals surface area contributed by atoms with Crippen molar-refractivity contribution in [2.24, 2.45) is 0 Å². The Hall–Kier alpha value is -0.940. The fraction of sp³-hybridized carbons (Fsp3) is 0.538. The van der Waals surface area contributed by atoms with Crippen molar-refractivity contribution in [1.29, 1.82) is 0 Å². The molecule has 0 spiro atoms. The highest BCUT2D eigenvalue weighted by Crippen LogP contribution is 2.36. The number of rotatable bonds is 2. The molecule has 19 heavy (non-hydrogen) atoms. The molecule has 2 N–H and O–H groups in total. The number of hydrogen-bond donors (Lipinski definition) is 2. The molecule has 1 unspecified atom stereocenters. The van der Waals surface area contributed by atoms with E-state index in [9.17, 15) is 13.2 Å². The number of benzene rings is 1. The first-order chi connectivity index (χ1) is 8.97. The van der Waals surface area contributed by atoms with Crippen LogP contribution in [0.1, 0.15) is 24.8 Å². The van der Waals surface area contributed by atoms with Crippen LogP contribution < -0.4 is 10.6 Å². The van der Waals surface area contributed by atoms with Crippen molar-refractivity contribution in [2.45, 2.75) is 31.5 Å². The first-order valence-electron chi connectivity index (χ1n) is 6.31. The van der Waals surface area contributed by atoms with Crippen LogP contribution in [0.3, 0.4) is 0 Å². The van der Waals surface area contributed by atoms with Crippen LogP contribution in [-0.4, -0.2) is 19.1 Å². The SMILES string of the molecule is FC(F)(F)c1cc(NC2CCCNCC2)ccc1Cl. The highest BCUT2D eigenvalue weighted by atomic mass is 35.5. The number of hydrogen-bond acceptors (Lipinski definition) is 2. The van der Waals surface area contributed by atoms with E-state index in [4.69, 9.17) is 11.6 Å². The lowest BCUT2D eigenvalue weighted by Gasteiger charge is -2.19. The smallest absolute Gasteiger partial charge is 0.382 e. The lowest BCUT2D eigenvalue weighted by atomic mass is 10.1. The van der Waals surface area contributed by atoms with Crippen LogP contribution in [0.15, 0.2) is 18.2 Å². The first kappa shape index (κ1) is 14.5. The Morgan fingerprint density at radius 1 is 1.21 bits per heavy atom. The molecule has 0 radical (unpaired) electrons. The largest absolute Gasteiger partial charge is 0.417 e. The second-order valence-electron chi connectivity index (χ2n) is 4.71. The third-order valence-corrected chi connectivity index (χ3v) is 3.55. The highest BCUT2D eigenvalue weighted by Gasteiger charge is 2.33. The molecule has 1 aromatic rings. The van der Waals surface area contributed by atoms with Crippen LogP contribution >= 0.6 is 11.6 Å². The zero-order valence-electron chi connectivity index (χ0n) is 10.4. The van der Waals surface area contributed by atoms with E-state index in [-0.39, 0.29) is 11.1 Å². The van der Waals surface area contributed by atoms with E-state index >= 15 is 0 Å². The fourth-order valence-electron chi connectivity index (χ4n) is 2.23. The van der Waals surface area contributed by atoms with Crippen molar-refractivity contribution in [3.05, 3.63) is 28.8 Å². The van der Waals surface area contributed by atoms with Crippen LogP contribution in [0.4, 0.5) is 18.9 Å². The Labute approximate surface area is 115 Å². The van der Waals surface area contributed by atoms with Crippen LogP contribution in [0.2, 0.25) is 5.02 Å². The van der Waals surface area contributed by atoms with Crippen molar-refractivity contribution in [3.63, 3.8) is 0 Å². The fourth-order valence-corrected chi connectivity index (χ4v) is 2.46. The molecule has 0 saturated carbocycles. The molecule has 1 aliphatic heterocycles. The third kappa shape index (κ3) is 4.01. The molecule has 1 heterocycles. The molecule has 6 heteroatoms. The monoisotopic (exact) mass is 292 g/mol. The number of alkyl halides is 3. The molecule has 2 rings (SSSR count). The third-order valence-electron chi connectivity index (χ3n) is 3.22. The second-order valence-corrected chi connectivity index (χ2v) is 5.12. The van der Waals surface area contributed by atoms with E-state index in [0.29, 0.717) is 5.69 Å². The number of anilines is 1. The minimum atomic E-state index is -4.42. The molecule has 0 amide bonds. The van der Waals surface area contributed by atoms with Gasteiger partial charge in [-0.2, -0.15) is 13.2 Å². The zero-order chi connectivity index (χ0) is 13.9. The van der Waals surface area contributed by atoms with Crippen LogP contribution in [0.5, 0.6) is 0 Å². The van der Waals surface area contributed by atoms with Crippen molar-refractivity contribution in [1.82, 2.24) is 5.32 Å². The normalized spacial score (nSPS) is 20.9. The Morgan fingerprint density at radius 3 is 2.74 bits per heavy atom. The Bertz CT molecular complexity index is 426. The Morgan fingerprint density at radius 2 is 2.00 bits per heavy atom. The van der Waals surface area contributed by atoms with E-state index < -0.39 is 11.7 Å². The van der Waals surface area contributed by atoms with E-state index in [1.165, 1.54) is 6.07 Å². The summed E-state index contributed by atoms with van der Waals surface area (Å²) in [6, 6.07) is 4.18. The average Bonchev–Trinajstić information content (AvgIpc) is 2.59. The van der Waals surface area contributed by atoms with E-state index in [0.717, 1.165) is 38.4 Å². The van der Waals surface area contributed by atoms with Gasteiger partial charge in [0.2, 0.25) is 0 Å². The number of nitrogens with one attached hydrogen (secondary N) is 2. The maximum absolute atomic E-state index is 12.8. The van der Waals surface area contributed by atoms with Gasteiger partial charge in [-0.25, -0.2) is 0 Å². The maximum atomic E-state index is 12.8. The molecule has 1 fully saturated rings. The zero-order valence-corrected chi connectivity index (χ0v) is 11.1. The van der Waals surface area contributed by atoms with Crippen LogP contribution in [0.25, 0.3) is 0 Å². The topological polar surface area (TPSA) is 24.1 Å². The number of halogens is 4. The van der Waals surface area contributed by atoms with Crippen molar-refractivity contribution < 1.29 is 13.2 Å². The summed E-state index contributed by atoms with van der Waals surface area (Å²) in [7, 11) is 0. The van der Waals surface area contributed by atoms with Crippen molar-refractivity contribution in [3.8, 4) is 0 Å². The summed E-state index contributed by atoms with van der Waals surface area (Å²) < 4.78 is 38.3. The van der Waals surface area contributed by atoms with Gasteiger partial charge in [0.1, 0.15) is 0 Å². The van der Waals surface area contributed by atoms with Gasteiger partial charge < -0.3 is 10.6 Å². The molecular weight excluding hydrogens is 277 g/mol. The lowest BCUT2D eigenvalue weighted by Crippen LogP contribution is -2.21. The Kier molecular flexibility index (Phi) is 4.58. The summed E-state index contributed by atoms with van der Waals surface area (Å²) in [6.07, 6.45) is -1.53. The summed E-state index contributed by atoms with van der Waals surface area (Å²) >= 11 is 5.59. The molecular formula is C13H16ClF3N2. The van der Waals surface area contributed by atoms with Gasteiger partial charge in [0.15, 0.2) is 0 Å². The van der Waals surface area contributed by atoms with Gasteiger partial charge in [-0.1, -0.05) is 11.6 Å². The molecule has 2 nitrogen and oxygen atoms in total. The van der Waals surface area contributed by atoms with Crippen molar-refractivity contribution >= 4 is 17.3 Å². The summed E-state index contributed by atoms with van der Waals surface area (Å²) in [5.74, 6) is 0. The molecule has 1 saturated heterocycles. The molecule has 0 aromatic heterocycles. The molecule has 1 aromatic carbocycles. The molecule has 106 valence electrons. The van der Waals surface area contributed by atoms with Crippen molar-refractivity contribution in [2.75, 3.05) is 18.4 Å². The van der Waals surface area contributed by atoms with Gasteiger partial charge in [0.05, 0.1) is 10.6 Å². The standard InChI is InChI=1S/C13H16ClF3N2/c14-12-4-3-10(8-11(12)13(15,16)17)19-9-2-1-6-18-7-5-9/h3-4,8-9,18-19H,1-2,5-7H2. The van der Waals surface area contributed by atoms with E-state index in [1.807, 2.05) is 0 Å². The summed E-state index contributed by atoms with van der Waals surface area (Å²) in [5, 5.41) is 6.17.